The summed E-state index contributed by atoms with van der Waals surface area (Å²) in [5, 5.41) is 0. The lowest BCUT2D eigenvalue weighted by atomic mass is 9.93. The van der Waals surface area contributed by atoms with E-state index in [4.69, 9.17) is 10.5 Å². The van der Waals surface area contributed by atoms with E-state index in [-0.39, 0.29) is 6.42 Å². The summed E-state index contributed by atoms with van der Waals surface area (Å²) in [6.45, 7) is 5.13. The Kier molecular flexibility index (Phi) is 7.28. The first-order valence-electron chi connectivity index (χ1n) is 6.22. The summed E-state index contributed by atoms with van der Waals surface area (Å²) in [5.41, 5.74) is 5.13. The van der Waals surface area contributed by atoms with E-state index in [1.165, 1.54) is 0 Å². The van der Waals surface area contributed by atoms with Gasteiger partial charge in [-0.1, -0.05) is 26.2 Å². The molecule has 18 heavy (non-hydrogen) atoms. The van der Waals surface area contributed by atoms with Crippen LogP contribution in [-0.2, 0) is 9.53 Å². The van der Waals surface area contributed by atoms with Gasteiger partial charge >= 0.3 is 12.1 Å². The third-order valence-corrected chi connectivity index (χ3v) is 2.58. The predicted octanol–water partition coefficient (Wildman–Crippen LogP) is 3.02. The minimum Gasteiger partial charge on any atom is -0.463 e. The normalized spacial score (nSPS) is 15.6. The van der Waals surface area contributed by atoms with Crippen LogP contribution in [0.15, 0.2) is 0 Å². The van der Waals surface area contributed by atoms with E-state index in [0.29, 0.717) is 6.42 Å². The summed E-state index contributed by atoms with van der Waals surface area (Å²) in [5.74, 6) is -2.16. The molecule has 0 bridgehead atoms. The zero-order chi connectivity index (χ0) is 14.3. The van der Waals surface area contributed by atoms with Gasteiger partial charge in [0.25, 0.3) is 0 Å². The molecule has 0 aromatic rings. The van der Waals surface area contributed by atoms with Crippen LogP contribution in [0.5, 0.6) is 0 Å². The van der Waals surface area contributed by atoms with Crippen molar-refractivity contribution in [3.05, 3.63) is 0 Å². The Hall–Kier alpha value is -0.780. The summed E-state index contributed by atoms with van der Waals surface area (Å²) < 4.78 is 42.6. The first-order chi connectivity index (χ1) is 8.20. The Bertz CT molecular complexity index is 254. The molecule has 0 aliphatic carbocycles. The summed E-state index contributed by atoms with van der Waals surface area (Å²) in [7, 11) is 0. The molecule has 0 aromatic carbocycles. The Balaban J connectivity index is 4.65. The van der Waals surface area contributed by atoms with Crippen molar-refractivity contribution >= 4 is 5.97 Å². The van der Waals surface area contributed by atoms with Gasteiger partial charge in [-0.05, 0) is 20.3 Å². The summed E-state index contributed by atoms with van der Waals surface area (Å²) in [6, 6.07) is -2.15. The van der Waals surface area contributed by atoms with Gasteiger partial charge < -0.3 is 10.5 Å². The molecule has 0 aliphatic rings. The highest BCUT2D eigenvalue weighted by molar-refractivity contribution is 5.73. The monoisotopic (exact) mass is 269 g/mol. The number of rotatable bonds is 7. The average Bonchev–Trinajstić information content (AvgIpc) is 2.21. The fourth-order valence-corrected chi connectivity index (χ4v) is 1.61. The van der Waals surface area contributed by atoms with Crippen molar-refractivity contribution < 1.29 is 22.7 Å². The number of carbonyl (C=O) groups is 1. The lowest BCUT2D eigenvalue weighted by Gasteiger charge is -2.25. The van der Waals surface area contributed by atoms with E-state index in [1.807, 2.05) is 6.92 Å². The van der Waals surface area contributed by atoms with Crippen molar-refractivity contribution in [1.29, 1.82) is 0 Å². The summed E-state index contributed by atoms with van der Waals surface area (Å²) in [6.07, 6.45) is -2.72. The second-order valence-electron chi connectivity index (χ2n) is 4.66. The van der Waals surface area contributed by atoms with Gasteiger partial charge in [0.15, 0.2) is 0 Å². The molecule has 0 fully saturated rings. The molecule has 0 rings (SSSR count). The highest BCUT2D eigenvalue weighted by Crippen LogP contribution is 2.28. The largest absolute Gasteiger partial charge is 0.463 e. The molecular weight excluding hydrogens is 247 g/mol. The maximum Gasteiger partial charge on any atom is 0.404 e. The van der Waals surface area contributed by atoms with Crippen LogP contribution in [0.25, 0.3) is 0 Å². The van der Waals surface area contributed by atoms with Gasteiger partial charge in [-0.3, -0.25) is 4.79 Å². The molecule has 0 unspecified atom stereocenters. The van der Waals surface area contributed by atoms with E-state index < -0.39 is 30.2 Å². The highest BCUT2D eigenvalue weighted by Gasteiger charge is 2.45. The molecule has 3 nitrogen and oxygen atoms in total. The maximum absolute atomic E-state index is 12.6. The standard InChI is InChI=1S/C12H22F3NO2/c1-4-5-6-7-9(10(16)12(13,14)15)11(17)18-8(2)3/h8-10H,4-7,16H2,1-3H3/t9-,10-/m0/s1. The third kappa shape index (κ3) is 6.23. The molecule has 2 N–H and O–H groups in total. The number of esters is 1. The Morgan fingerprint density at radius 3 is 2.22 bits per heavy atom. The lowest BCUT2D eigenvalue weighted by molar-refractivity contribution is -0.179. The quantitative estimate of drug-likeness (QED) is 0.571. The van der Waals surface area contributed by atoms with Crippen LogP contribution in [-0.4, -0.2) is 24.3 Å². The number of carbonyl (C=O) groups excluding carboxylic acids is 1. The SMILES string of the molecule is CCCCC[C@H](C(=O)OC(C)C)[C@H](N)C(F)(F)F. The van der Waals surface area contributed by atoms with Crippen molar-refractivity contribution in [3.8, 4) is 0 Å². The predicted molar refractivity (Wildman–Crippen MR) is 62.9 cm³/mol. The molecule has 0 aromatic heterocycles. The smallest absolute Gasteiger partial charge is 0.404 e. The number of hydrogen-bond donors (Lipinski definition) is 1. The molecule has 0 radical (unpaired) electrons. The molecule has 2 atom stereocenters. The van der Waals surface area contributed by atoms with Crippen molar-refractivity contribution in [2.24, 2.45) is 11.7 Å². The van der Waals surface area contributed by atoms with Crippen LogP contribution in [0.3, 0.4) is 0 Å². The van der Waals surface area contributed by atoms with E-state index in [0.717, 1.165) is 12.8 Å². The molecule has 0 amide bonds. The fourth-order valence-electron chi connectivity index (χ4n) is 1.61. The van der Waals surface area contributed by atoms with Crippen molar-refractivity contribution in [3.63, 3.8) is 0 Å². The van der Waals surface area contributed by atoms with Crippen LogP contribution in [0.2, 0.25) is 0 Å². The number of unbranched alkanes of at least 4 members (excludes halogenated alkanes) is 2. The van der Waals surface area contributed by atoms with Crippen molar-refractivity contribution in [2.45, 2.75) is 64.8 Å². The summed E-state index contributed by atoms with van der Waals surface area (Å²) >= 11 is 0. The molecule has 0 saturated heterocycles. The van der Waals surface area contributed by atoms with E-state index in [2.05, 4.69) is 0 Å². The van der Waals surface area contributed by atoms with E-state index >= 15 is 0 Å². The van der Waals surface area contributed by atoms with Crippen LogP contribution in [0.1, 0.15) is 46.5 Å². The topological polar surface area (TPSA) is 52.3 Å². The van der Waals surface area contributed by atoms with Crippen LogP contribution >= 0.6 is 0 Å². The zero-order valence-corrected chi connectivity index (χ0v) is 11.1. The lowest BCUT2D eigenvalue weighted by Crippen LogP contribution is -2.47. The second kappa shape index (κ2) is 7.61. The number of hydrogen-bond acceptors (Lipinski definition) is 3. The van der Waals surface area contributed by atoms with E-state index in [1.54, 1.807) is 13.8 Å². The van der Waals surface area contributed by atoms with Crippen LogP contribution < -0.4 is 5.73 Å². The minimum absolute atomic E-state index is 0.111. The van der Waals surface area contributed by atoms with Gasteiger partial charge in [-0.15, -0.1) is 0 Å². The summed E-state index contributed by atoms with van der Waals surface area (Å²) in [4.78, 5) is 11.6. The molecule has 0 saturated carbocycles. The fraction of sp³-hybridized carbons (Fsp3) is 0.917. The Morgan fingerprint density at radius 1 is 1.28 bits per heavy atom. The molecule has 0 spiro atoms. The van der Waals surface area contributed by atoms with Crippen molar-refractivity contribution in [1.82, 2.24) is 0 Å². The van der Waals surface area contributed by atoms with Gasteiger partial charge in [0.05, 0.1) is 12.0 Å². The van der Waals surface area contributed by atoms with Gasteiger partial charge in [0, 0.05) is 0 Å². The highest BCUT2D eigenvalue weighted by atomic mass is 19.4. The molecule has 0 heterocycles. The van der Waals surface area contributed by atoms with Gasteiger partial charge in [0.2, 0.25) is 0 Å². The first-order valence-corrected chi connectivity index (χ1v) is 6.22. The van der Waals surface area contributed by atoms with Gasteiger partial charge in [-0.2, -0.15) is 13.2 Å². The van der Waals surface area contributed by atoms with Gasteiger partial charge in [-0.25, -0.2) is 0 Å². The van der Waals surface area contributed by atoms with Gasteiger partial charge in [0.1, 0.15) is 6.04 Å². The maximum atomic E-state index is 12.6. The number of halogens is 3. The number of ether oxygens (including phenoxy) is 1. The average molecular weight is 269 g/mol. The zero-order valence-electron chi connectivity index (χ0n) is 11.1. The van der Waals surface area contributed by atoms with Crippen molar-refractivity contribution in [2.75, 3.05) is 0 Å². The third-order valence-electron chi connectivity index (χ3n) is 2.58. The van der Waals surface area contributed by atoms with Crippen LogP contribution in [0, 0.1) is 5.92 Å². The molecular formula is C12H22F3NO2. The second-order valence-corrected chi connectivity index (χ2v) is 4.66. The van der Waals surface area contributed by atoms with E-state index in [9.17, 15) is 18.0 Å². The Morgan fingerprint density at radius 2 is 1.83 bits per heavy atom. The number of nitrogens with two attached hydrogens (primary N) is 1. The molecule has 6 heteroatoms. The van der Waals surface area contributed by atoms with Crippen LogP contribution in [0.4, 0.5) is 13.2 Å². The number of alkyl halides is 3. The Labute approximate surface area is 106 Å². The minimum atomic E-state index is -4.58. The molecule has 0 aliphatic heterocycles. The first kappa shape index (κ1) is 17.2. The molecule has 108 valence electrons.